The quantitative estimate of drug-likeness (QED) is 0.754. The maximum atomic E-state index is 13.2. The van der Waals surface area contributed by atoms with Gasteiger partial charge in [-0.3, -0.25) is 9.59 Å². The van der Waals surface area contributed by atoms with Crippen LogP contribution in [0.25, 0.3) is 0 Å². The van der Waals surface area contributed by atoms with Crippen LogP contribution in [-0.4, -0.2) is 11.7 Å². The Morgan fingerprint density at radius 2 is 1.70 bits per heavy atom. The van der Waals surface area contributed by atoms with Crippen molar-refractivity contribution in [3.63, 3.8) is 0 Å². The molecular formula is C21H16Cl2FNO2. The van der Waals surface area contributed by atoms with E-state index < -0.39 is 0 Å². The van der Waals surface area contributed by atoms with Gasteiger partial charge < -0.3 is 5.32 Å². The lowest BCUT2D eigenvalue weighted by Crippen LogP contribution is -2.38. The van der Waals surface area contributed by atoms with E-state index in [1.54, 1.807) is 30.3 Å². The van der Waals surface area contributed by atoms with E-state index >= 15 is 0 Å². The number of hydrogen-bond donors (Lipinski definition) is 1. The van der Waals surface area contributed by atoms with Crippen LogP contribution >= 0.6 is 23.2 Å². The van der Waals surface area contributed by atoms with Gasteiger partial charge in [-0.1, -0.05) is 41.4 Å². The Balaban J connectivity index is 1.73. The molecule has 0 aromatic heterocycles. The molecule has 138 valence electrons. The van der Waals surface area contributed by atoms with Crippen molar-refractivity contribution in [3.8, 4) is 0 Å². The molecule has 1 N–H and O–H groups in total. The Kier molecular flexibility index (Phi) is 4.79. The van der Waals surface area contributed by atoms with Crippen molar-refractivity contribution in [2.45, 2.75) is 31.1 Å². The van der Waals surface area contributed by atoms with Gasteiger partial charge in [0.15, 0.2) is 5.78 Å². The highest BCUT2D eigenvalue weighted by atomic mass is 35.5. The van der Waals surface area contributed by atoms with E-state index in [2.05, 4.69) is 5.32 Å². The average molecular weight is 404 g/mol. The van der Waals surface area contributed by atoms with Crippen molar-refractivity contribution in [2.24, 2.45) is 0 Å². The summed E-state index contributed by atoms with van der Waals surface area (Å²) in [6.07, 6.45) is 1.02. The Labute approximate surface area is 166 Å². The zero-order chi connectivity index (χ0) is 19.1. The highest BCUT2D eigenvalue weighted by Crippen LogP contribution is 2.44. The van der Waals surface area contributed by atoms with E-state index in [9.17, 15) is 14.0 Å². The number of benzene rings is 2. The van der Waals surface area contributed by atoms with Crippen LogP contribution in [0.15, 0.2) is 53.7 Å². The summed E-state index contributed by atoms with van der Waals surface area (Å²) in [6.45, 7) is 0. The number of ketones is 1. The Morgan fingerprint density at radius 3 is 2.41 bits per heavy atom. The largest absolute Gasteiger partial charge is 0.329 e. The van der Waals surface area contributed by atoms with Gasteiger partial charge in [0, 0.05) is 40.1 Å². The normalized spacial score (nSPS) is 22.5. The van der Waals surface area contributed by atoms with E-state index in [1.807, 2.05) is 0 Å². The number of carbonyl (C=O) groups excluding carboxylic acids is 2. The van der Waals surface area contributed by atoms with Gasteiger partial charge in [0.2, 0.25) is 5.91 Å². The number of hydrogen-bond acceptors (Lipinski definition) is 2. The second-order valence-electron chi connectivity index (χ2n) is 6.94. The molecule has 1 aliphatic carbocycles. The van der Waals surface area contributed by atoms with E-state index in [-0.39, 0.29) is 35.8 Å². The third-order valence-electron chi connectivity index (χ3n) is 5.22. The first-order chi connectivity index (χ1) is 12.9. The number of Topliss-reactive ketones (excluding diaryl/α,β-unsaturated/α-hetero) is 1. The van der Waals surface area contributed by atoms with Crippen LogP contribution in [0.1, 0.15) is 42.2 Å². The first-order valence-electron chi connectivity index (χ1n) is 8.69. The highest BCUT2D eigenvalue weighted by molar-refractivity contribution is 6.35. The summed E-state index contributed by atoms with van der Waals surface area (Å²) in [5.41, 5.74) is 2.89. The van der Waals surface area contributed by atoms with Crippen molar-refractivity contribution >= 4 is 34.9 Å². The first-order valence-corrected chi connectivity index (χ1v) is 9.44. The smallest absolute Gasteiger partial charge is 0.225 e. The first kappa shape index (κ1) is 18.2. The van der Waals surface area contributed by atoms with Gasteiger partial charge in [-0.15, -0.1) is 0 Å². The predicted molar refractivity (Wildman–Crippen MR) is 102 cm³/mol. The van der Waals surface area contributed by atoms with E-state index in [4.69, 9.17) is 23.2 Å². The Morgan fingerprint density at radius 1 is 0.963 bits per heavy atom. The van der Waals surface area contributed by atoms with Crippen LogP contribution in [0.4, 0.5) is 4.39 Å². The second kappa shape index (κ2) is 7.10. The number of nitrogens with one attached hydrogen (secondary N) is 1. The molecule has 27 heavy (non-hydrogen) atoms. The highest BCUT2D eigenvalue weighted by Gasteiger charge is 2.38. The van der Waals surface area contributed by atoms with E-state index in [0.717, 1.165) is 11.1 Å². The second-order valence-corrected chi connectivity index (χ2v) is 7.79. The molecule has 0 radical (unpaired) electrons. The summed E-state index contributed by atoms with van der Waals surface area (Å²) < 4.78 is 13.2. The fraction of sp³-hybridized carbons (Fsp3) is 0.238. The van der Waals surface area contributed by atoms with E-state index in [1.165, 1.54) is 12.1 Å². The third kappa shape index (κ3) is 3.52. The predicted octanol–water partition coefficient (Wildman–Crippen LogP) is 5.14. The summed E-state index contributed by atoms with van der Waals surface area (Å²) in [4.78, 5) is 25.3. The zero-order valence-corrected chi connectivity index (χ0v) is 15.8. The van der Waals surface area contributed by atoms with Crippen LogP contribution in [0, 0.1) is 5.82 Å². The molecule has 0 spiro atoms. The summed E-state index contributed by atoms with van der Waals surface area (Å²) in [6, 6.07) is 11.3. The number of amides is 1. The van der Waals surface area contributed by atoms with E-state index in [0.29, 0.717) is 34.2 Å². The van der Waals surface area contributed by atoms with Crippen molar-refractivity contribution in [1.82, 2.24) is 5.32 Å². The summed E-state index contributed by atoms with van der Waals surface area (Å²) in [5.74, 6) is -0.931. The monoisotopic (exact) mass is 403 g/mol. The molecule has 2 atom stereocenters. The molecule has 4 rings (SSSR count). The van der Waals surface area contributed by atoms with Gasteiger partial charge >= 0.3 is 0 Å². The van der Waals surface area contributed by atoms with Crippen LogP contribution in [0.5, 0.6) is 0 Å². The molecule has 2 aliphatic rings. The van der Waals surface area contributed by atoms with Gasteiger partial charge in [-0.05, 0) is 47.7 Å². The molecule has 0 bridgehead atoms. The molecule has 2 aromatic rings. The Hall–Kier alpha value is -2.17. The van der Waals surface area contributed by atoms with Gasteiger partial charge in [-0.2, -0.15) is 0 Å². The molecule has 1 heterocycles. The molecule has 6 heteroatoms. The topological polar surface area (TPSA) is 46.2 Å². The molecule has 3 nitrogen and oxygen atoms in total. The fourth-order valence-electron chi connectivity index (χ4n) is 3.98. The molecule has 0 fully saturated rings. The number of carbonyl (C=O) groups is 2. The van der Waals surface area contributed by atoms with Gasteiger partial charge in [0.25, 0.3) is 0 Å². The molecule has 0 unspecified atom stereocenters. The molecule has 0 saturated heterocycles. The number of rotatable bonds is 2. The van der Waals surface area contributed by atoms with Crippen molar-refractivity contribution in [1.29, 1.82) is 0 Å². The number of halogens is 3. The lowest BCUT2D eigenvalue weighted by atomic mass is 9.73. The van der Waals surface area contributed by atoms with Crippen LogP contribution in [0.2, 0.25) is 10.0 Å². The minimum Gasteiger partial charge on any atom is -0.329 e. The SMILES string of the molecule is O=C1C[C@@H](c2ccc(Cl)cc2Cl)C2=C(C[C@H](c3ccc(F)cc3)CC2=O)N1. The standard InChI is InChI=1S/C21H16Cl2FNO2/c22-13-3-6-15(17(23)9-13)16-10-20(27)25-18-7-12(8-19(26)21(16)18)11-1-4-14(24)5-2-11/h1-6,9,12,16H,7-8,10H2,(H,25,27)/t12-,16-/m0/s1. The minimum absolute atomic E-state index is 0.0124. The van der Waals surface area contributed by atoms with Gasteiger partial charge in [-0.25, -0.2) is 4.39 Å². The molecule has 0 saturated carbocycles. The van der Waals surface area contributed by atoms with Crippen molar-refractivity contribution in [3.05, 3.63) is 80.7 Å². The van der Waals surface area contributed by atoms with Crippen LogP contribution < -0.4 is 5.32 Å². The minimum atomic E-state index is -0.375. The van der Waals surface area contributed by atoms with Crippen molar-refractivity contribution in [2.75, 3.05) is 0 Å². The van der Waals surface area contributed by atoms with Crippen molar-refractivity contribution < 1.29 is 14.0 Å². The zero-order valence-electron chi connectivity index (χ0n) is 14.3. The van der Waals surface area contributed by atoms with Gasteiger partial charge in [0.1, 0.15) is 5.82 Å². The maximum Gasteiger partial charge on any atom is 0.225 e. The van der Waals surface area contributed by atoms with Crippen LogP contribution in [-0.2, 0) is 9.59 Å². The molecule has 1 aliphatic heterocycles. The lowest BCUT2D eigenvalue weighted by Gasteiger charge is -2.34. The van der Waals surface area contributed by atoms with Gasteiger partial charge in [0.05, 0.1) is 0 Å². The molecule has 1 amide bonds. The van der Waals surface area contributed by atoms with Crippen LogP contribution in [0.3, 0.4) is 0 Å². The fourth-order valence-corrected chi connectivity index (χ4v) is 4.52. The molecule has 2 aromatic carbocycles. The third-order valence-corrected chi connectivity index (χ3v) is 5.78. The summed E-state index contributed by atoms with van der Waals surface area (Å²) in [7, 11) is 0. The maximum absolute atomic E-state index is 13.2. The Bertz CT molecular complexity index is 969. The summed E-state index contributed by atoms with van der Waals surface area (Å²) >= 11 is 12.3. The molecular weight excluding hydrogens is 388 g/mol. The lowest BCUT2D eigenvalue weighted by molar-refractivity contribution is -0.122. The summed E-state index contributed by atoms with van der Waals surface area (Å²) in [5, 5.41) is 3.82. The number of allylic oxidation sites excluding steroid dienone is 2. The average Bonchev–Trinajstić information content (AvgIpc) is 2.61.